The molecule has 0 fully saturated rings. The van der Waals surface area contributed by atoms with Crippen molar-refractivity contribution in [1.29, 1.82) is 0 Å². The summed E-state index contributed by atoms with van der Waals surface area (Å²) >= 11 is 0. The Labute approximate surface area is 103 Å². The van der Waals surface area contributed by atoms with Crippen molar-refractivity contribution in [2.75, 3.05) is 0 Å². The highest BCUT2D eigenvalue weighted by Gasteiger charge is 1.88. The molecule has 92 valence electrons. The van der Waals surface area contributed by atoms with Gasteiger partial charge in [0.2, 0.25) is 0 Å². The highest BCUT2D eigenvalue weighted by molar-refractivity contribution is 5.39. The maximum atomic E-state index is 3.72. The summed E-state index contributed by atoms with van der Waals surface area (Å²) in [6, 6.07) is 0. The van der Waals surface area contributed by atoms with Crippen molar-refractivity contribution in [2.45, 2.75) is 41.5 Å². The fraction of sp³-hybridized carbons (Fsp3) is 0.375. The summed E-state index contributed by atoms with van der Waals surface area (Å²) in [6.45, 7) is 19.4. The Bertz CT molecular complexity index is 237. The van der Waals surface area contributed by atoms with E-state index in [0.717, 1.165) is 0 Å². The minimum Gasteiger partial charge on any atom is -0.0991 e. The van der Waals surface area contributed by atoms with E-state index in [-0.39, 0.29) is 0 Å². The third-order valence-electron chi connectivity index (χ3n) is 1.52. The molecule has 0 aromatic heterocycles. The zero-order chi connectivity index (χ0) is 13.4. The molecule has 0 amide bonds. The van der Waals surface area contributed by atoms with Crippen molar-refractivity contribution in [1.82, 2.24) is 0 Å². The van der Waals surface area contributed by atoms with Crippen LogP contribution in [0.3, 0.4) is 0 Å². The second kappa shape index (κ2) is 19.3. The van der Waals surface area contributed by atoms with Crippen LogP contribution in [0.1, 0.15) is 41.5 Å². The third kappa shape index (κ3) is 12.7. The Balaban J connectivity index is -0.000000376. The SMILES string of the molecule is C=C\C=C/C(/C=C\C)=C(\C)C=C.CC.CC. The van der Waals surface area contributed by atoms with E-state index in [0.29, 0.717) is 0 Å². The summed E-state index contributed by atoms with van der Waals surface area (Å²) < 4.78 is 0. The second-order valence-corrected chi connectivity index (χ2v) is 2.44. The minimum absolute atomic E-state index is 1.17. The maximum Gasteiger partial charge on any atom is -0.0231 e. The molecule has 0 heterocycles. The molecule has 0 aliphatic heterocycles. The van der Waals surface area contributed by atoms with Crippen LogP contribution in [0.5, 0.6) is 0 Å². The Hall–Kier alpha value is -1.30. The van der Waals surface area contributed by atoms with Gasteiger partial charge in [-0.05, 0) is 25.0 Å². The van der Waals surface area contributed by atoms with Gasteiger partial charge < -0.3 is 0 Å². The van der Waals surface area contributed by atoms with Crippen LogP contribution in [0.2, 0.25) is 0 Å². The first-order chi connectivity index (χ1) is 7.76. The van der Waals surface area contributed by atoms with Gasteiger partial charge in [0, 0.05) is 0 Å². The first-order valence-electron chi connectivity index (χ1n) is 6.01. The topological polar surface area (TPSA) is 0 Å². The average Bonchev–Trinajstić information content (AvgIpc) is 2.38. The first kappa shape index (κ1) is 20.2. The van der Waals surface area contributed by atoms with Gasteiger partial charge in [0.25, 0.3) is 0 Å². The van der Waals surface area contributed by atoms with Gasteiger partial charge in [-0.3, -0.25) is 0 Å². The largest absolute Gasteiger partial charge is 0.0991 e. The van der Waals surface area contributed by atoms with Gasteiger partial charge in [0.15, 0.2) is 0 Å². The Morgan fingerprint density at radius 3 is 1.75 bits per heavy atom. The van der Waals surface area contributed by atoms with Gasteiger partial charge in [-0.1, -0.05) is 77.3 Å². The van der Waals surface area contributed by atoms with Crippen molar-refractivity contribution in [3.05, 3.63) is 60.8 Å². The van der Waals surface area contributed by atoms with E-state index in [1.165, 1.54) is 11.1 Å². The summed E-state index contributed by atoms with van der Waals surface area (Å²) in [7, 11) is 0. The van der Waals surface area contributed by atoms with Crippen LogP contribution in [0.25, 0.3) is 0 Å². The number of allylic oxidation sites excluding steroid dienone is 8. The molecule has 0 aliphatic carbocycles. The predicted molar refractivity (Wildman–Crippen MR) is 79.7 cm³/mol. The molecule has 0 bridgehead atoms. The van der Waals surface area contributed by atoms with Gasteiger partial charge in [-0.25, -0.2) is 0 Å². The van der Waals surface area contributed by atoms with Gasteiger partial charge >= 0.3 is 0 Å². The van der Waals surface area contributed by atoms with Gasteiger partial charge in [0.1, 0.15) is 0 Å². The summed E-state index contributed by atoms with van der Waals surface area (Å²) in [5, 5.41) is 0. The van der Waals surface area contributed by atoms with Gasteiger partial charge in [-0.15, -0.1) is 0 Å². The van der Waals surface area contributed by atoms with E-state index in [4.69, 9.17) is 0 Å². The third-order valence-corrected chi connectivity index (χ3v) is 1.52. The molecule has 0 saturated carbocycles. The van der Waals surface area contributed by atoms with Gasteiger partial charge in [0.05, 0.1) is 0 Å². The summed E-state index contributed by atoms with van der Waals surface area (Å²) in [5.74, 6) is 0. The lowest BCUT2D eigenvalue weighted by atomic mass is 10.1. The molecule has 0 radical (unpaired) electrons. The monoisotopic (exact) mass is 220 g/mol. The zero-order valence-corrected chi connectivity index (χ0v) is 11.9. The average molecular weight is 220 g/mol. The standard InChI is InChI=1S/C12H16.2C2H6/c1-5-8-10-12(9-6-2)11(4)7-3;2*1-2/h5-10H,1,3H2,2,4H3;2*1-2H3/b9-6-,10-8-,12-11+;;. The lowest BCUT2D eigenvalue weighted by Crippen LogP contribution is -1.76. The van der Waals surface area contributed by atoms with Gasteiger partial charge in [-0.2, -0.15) is 0 Å². The molecular formula is C16H28. The summed E-state index contributed by atoms with van der Waals surface area (Å²) in [5.41, 5.74) is 2.35. The van der Waals surface area contributed by atoms with E-state index in [1.807, 2.05) is 65.8 Å². The van der Waals surface area contributed by atoms with Crippen LogP contribution in [0.15, 0.2) is 60.8 Å². The van der Waals surface area contributed by atoms with E-state index in [9.17, 15) is 0 Å². The molecular weight excluding hydrogens is 192 g/mol. The fourth-order valence-corrected chi connectivity index (χ4v) is 0.788. The highest BCUT2D eigenvalue weighted by atomic mass is 13.9. The predicted octanol–water partition coefficient (Wildman–Crippen LogP) is 5.86. The second-order valence-electron chi connectivity index (χ2n) is 2.44. The van der Waals surface area contributed by atoms with Crippen LogP contribution >= 0.6 is 0 Å². The smallest absolute Gasteiger partial charge is 0.0231 e. The molecule has 0 saturated heterocycles. The summed E-state index contributed by atoms with van der Waals surface area (Å²) in [4.78, 5) is 0. The zero-order valence-electron chi connectivity index (χ0n) is 11.9. The lowest BCUT2D eigenvalue weighted by Gasteiger charge is -1.96. The minimum atomic E-state index is 1.17. The molecule has 0 unspecified atom stereocenters. The molecule has 0 aromatic rings. The quantitative estimate of drug-likeness (QED) is 0.520. The van der Waals surface area contributed by atoms with Crippen molar-refractivity contribution >= 4 is 0 Å². The maximum absolute atomic E-state index is 3.72. The first-order valence-corrected chi connectivity index (χ1v) is 6.01. The lowest BCUT2D eigenvalue weighted by molar-refractivity contribution is 1.45. The Morgan fingerprint density at radius 2 is 1.44 bits per heavy atom. The molecule has 0 nitrogen and oxygen atoms in total. The molecule has 0 heteroatoms. The number of hydrogen-bond donors (Lipinski definition) is 0. The van der Waals surface area contributed by atoms with Crippen LogP contribution in [-0.2, 0) is 0 Å². The number of hydrogen-bond acceptors (Lipinski definition) is 0. The highest BCUT2D eigenvalue weighted by Crippen LogP contribution is 2.08. The van der Waals surface area contributed by atoms with E-state index >= 15 is 0 Å². The van der Waals surface area contributed by atoms with Crippen molar-refractivity contribution < 1.29 is 0 Å². The van der Waals surface area contributed by atoms with E-state index in [1.54, 1.807) is 6.08 Å². The van der Waals surface area contributed by atoms with Crippen LogP contribution in [-0.4, -0.2) is 0 Å². The van der Waals surface area contributed by atoms with E-state index in [2.05, 4.69) is 19.2 Å². The molecule has 0 spiro atoms. The normalized spacial score (nSPS) is 10.9. The van der Waals surface area contributed by atoms with E-state index < -0.39 is 0 Å². The summed E-state index contributed by atoms with van der Waals surface area (Å²) in [6.07, 6.45) is 11.6. The number of rotatable bonds is 4. The van der Waals surface area contributed by atoms with Crippen molar-refractivity contribution in [3.63, 3.8) is 0 Å². The molecule has 16 heavy (non-hydrogen) atoms. The molecule has 0 rings (SSSR count). The van der Waals surface area contributed by atoms with Crippen LogP contribution in [0, 0.1) is 0 Å². The van der Waals surface area contributed by atoms with Crippen molar-refractivity contribution in [3.8, 4) is 0 Å². The molecule has 0 aromatic carbocycles. The Morgan fingerprint density at radius 1 is 0.938 bits per heavy atom. The molecule has 0 N–H and O–H groups in total. The van der Waals surface area contributed by atoms with Crippen molar-refractivity contribution in [2.24, 2.45) is 0 Å². The van der Waals surface area contributed by atoms with Crippen LogP contribution < -0.4 is 0 Å². The molecule has 0 atom stereocenters. The fourth-order valence-electron chi connectivity index (χ4n) is 0.788. The van der Waals surface area contributed by atoms with Crippen LogP contribution in [0.4, 0.5) is 0 Å². The Kier molecular flexibility index (Phi) is 24.3. The molecule has 0 aliphatic rings.